The maximum Gasteiger partial charge on any atom is 0.226 e. The normalized spacial score (nSPS) is 16.4. The average molecular weight is 1000 g/mol. The molecule has 22 heteroatoms. The van der Waals surface area contributed by atoms with Crippen LogP contribution < -0.4 is 19.3 Å². The number of nitriles is 2. The molecule has 2 aliphatic heterocycles. The zero-order valence-electron chi connectivity index (χ0n) is 35.7. The van der Waals surface area contributed by atoms with Crippen LogP contribution in [0.4, 0.5) is 24.9 Å². The number of nitrogens with zero attached hydrogens (tertiary/aromatic N) is 11. The molecule has 2 aromatic carbocycles. The Morgan fingerprint density at radius 1 is 0.618 bits per heavy atom. The Labute approximate surface area is 405 Å². The highest BCUT2D eigenvalue weighted by Crippen LogP contribution is 2.39. The number of fused-ring (bicyclic) bond motifs is 2. The molecule has 8 aromatic rings. The van der Waals surface area contributed by atoms with Crippen LogP contribution in [0.5, 0.6) is 11.5 Å². The summed E-state index contributed by atoms with van der Waals surface area (Å²) in [6.45, 7) is 4.73. The van der Waals surface area contributed by atoms with Gasteiger partial charge >= 0.3 is 0 Å². The van der Waals surface area contributed by atoms with E-state index in [1.807, 2.05) is 4.90 Å². The van der Waals surface area contributed by atoms with Crippen LogP contribution in [0.2, 0.25) is 20.1 Å². The van der Waals surface area contributed by atoms with Crippen LogP contribution in [-0.4, -0.2) is 70.5 Å². The number of anilines is 2. The molecule has 0 spiro atoms. The van der Waals surface area contributed by atoms with Gasteiger partial charge in [0.15, 0.2) is 34.8 Å². The molecule has 2 aliphatic rings. The first kappa shape index (κ1) is 46.2. The lowest BCUT2D eigenvalue weighted by Crippen LogP contribution is -2.47. The highest BCUT2D eigenvalue weighted by molar-refractivity contribution is 6.36. The van der Waals surface area contributed by atoms with Crippen LogP contribution in [-0.2, 0) is 0 Å². The second kappa shape index (κ2) is 19.3. The number of ether oxygens (including phenoxy) is 2. The zero-order chi connectivity index (χ0) is 47.8. The molecule has 0 bridgehead atoms. The van der Waals surface area contributed by atoms with Crippen molar-refractivity contribution in [1.82, 2.24) is 45.3 Å². The Morgan fingerprint density at radius 3 is 1.57 bits per heavy atom. The molecular weight excluding hydrogens is 965 g/mol. The highest BCUT2D eigenvalue weighted by Gasteiger charge is 2.32. The van der Waals surface area contributed by atoms with Gasteiger partial charge in [0.25, 0.3) is 0 Å². The van der Waals surface area contributed by atoms with Gasteiger partial charge in [0.1, 0.15) is 35.7 Å². The minimum absolute atomic E-state index is 0.0260. The number of hydrogen-bond acceptors (Lipinski definition) is 13. The first-order valence-corrected chi connectivity index (χ1v) is 22.4. The summed E-state index contributed by atoms with van der Waals surface area (Å²) in [5.74, 6) is -1.14. The molecule has 0 amide bonds. The predicted molar refractivity (Wildman–Crippen MR) is 250 cm³/mol. The van der Waals surface area contributed by atoms with E-state index < -0.39 is 29.7 Å². The summed E-state index contributed by atoms with van der Waals surface area (Å²) in [6, 6.07) is 10.7. The molecule has 4 atom stereocenters. The van der Waals surface area contributed by atoms with Crippen molar-refractivity contribution >= 4 is 80.0 Å². The van der Waals surface area contributed by atoms with E-state index in [2.05, 4.69) is 57.5 Å². The molecule has 3 unspecified atom stereocenters. The van der Waals surface area contributed by atoms with E-state index >= 15 is 0 Å². The number of aromatic amines is 2. The van der Waals surface area contributed by atoms with Gasteiger partial charge in [-0.15, -0.1) is 0 Å². The van der Waals surface area contributed by atoms with E-state index in [-0.39, 0.29) is 29.4 Å². The Morgan fingerprint density at radius 2 is 1.10 bits per heavy atom. The SMILES string of the molecule is CC(Oc1cc2c(-c3cnc(N4CCC4C#N)c(F)c3)n[nH]c2cc1F)c1c(Cl)cncc1Cl.CC(Oc1cc2c(-c3cnc(N4CCC[C@H]4C#N)nc3)n[nH]c2cc1F)c1c(Cl)cncc1Cl. The Balaban J connectivity index is 0.000000170. The van der Waals surface area contributed by atoms with Gasteiger partial charge in [-0.1, -0.05) is 46.4 Å². The number of rotatable bonds is 10. The Hall–Kier alpha value is -6.96. The van der Waals surface area contributed by atoms with Gasteiger partial charge in [-0.2, -0.15) is 20.7 Å². The summed E-state index contributed by atoms with van der Waals surface area (Å²) in [7, 11) is 0. The summed E-state index contributed by atoms with van der Waals surface area (Å²) >= 11 is 24.8. The minimum atomic E-state index is -0.673. The van der Waals surface area contributed by atoms with E-state index in [9.17, 15) is 18.4 Å². The van der Waals surface area contributed by atoms with Crippen molar-refractivity contribution in [3.05, 3.63) is 122 Å². The lowest BCUT2D eigenvalue weighted by Gasteiger charge is -2.37. The third-order valence-electron chi connectivity index (χ3n) is 11.5. The van der Waals surface area contributed by atoms with Gasteiger partial charge in [-0.05, 0) is 51.3 Å². The first-order valence-electron chi connectivity index (χ1n) is 20.9. The molecule has 8 heterocycles. The lowest BCUT2D eigenvalue weighted by atomic mass is 10.0. The maximum absolute atomic E-state index is 14.8. The molecule has 2 saturated heterocycles. The van der Waals surface area contributed by atoms with E-state index in [0.717, 1.165) is 19.4 Å². The van der Waals surface area contributed by atoms with Crippen LogP contribution in [0.3, 0.4) is 0 Å². The van der Waals surface area contributed by atoms with Crippen molar-refractivity contribution in [2.24, 2.45) is 0 Å². The molecule has 15 nitrogen and oxygen atoms in total. The van der Waals surface area contributed by atoms with Crippen LogP contribution in [0.1, 0.15) is 56.4 Å². The summed E-state index contributed by atoms with van der Waals surface area (Å²) in [4.78, 5) is 24.4. The van der Waals surface area contributed by atoms with Crippen molar-refractivity contribution in [3.63, 3.8) is 0 Å². The van der Waals surface area contributed by atoms with Crippen molar-refractivity contribution in [2.75, 3.05) is 22.9 Å². The second-order valence-corrected chi connectivity index (χ2v) is 17.4. The Kier molecular flexibility index (Phi) is 13.1. The highest BCUT2D eigenvalue weighted by atomic mass is 35.5. The number of nitrogens with one attached hydrogen (secondary N) is 2. The number of aromatic nitrogens is 9. The van der Waals surface area contributed by atoms with Gasteiger partial charge in [-0.3, -0.25) is 20.2 Å². The van der Waals surface area contributed by atoms with Crippen molar-refractivity contribution in [3.8, 4) is 46.2 Å². The number of benzene rings is 2. The quantitative estimate of drug-likeness (QED) is 0.131. The third-order valence-corrected chi connectivity index (χ3v) is 12.7. The molecule has 2 fully saturated rings. The van der Waals surface area contributed by atoms with Crippen molar-refractivity contribution in [2.45, 2.75) is 57.4 Å². The van der Waals surface area contributed by atoms with Crippen LogP contribution in [0, 0.1) is 40.1 Å². The molecule has 0 radical (unpaired) electrons. The molecule has 10 rings (SSSR count). The van der Waals surface area contributed by atoms with Gasteiger partial charge in [-0.25, -0.2) is 28.1 Å². The fraction of sp³-hybridized carbons (Fsp3) is 0.239. The van der Waals surface area contributed by atoms with Crippen LogP contribution in [0.25, 0.3) is 44.3 Å². The standard InChI is InChI=1S/C23H16Cl2F2N6O.C23H18Cl2FN7O/c1-11(21-15(24)9-29-10-16(21)25)34-20-5-14-19(6-17(20)26)31-32-22(14)12-4-18(27)23(30-8-12)33-3-2-13(33)7-28;1-12(21-16(24)10-28-11-17(21)25)34-20-5-15-19(6-18(20)26)31-32-22(15)13-8-29-23(30-9-13)33-4-2-3-14(33)7-27/h4-6,8-11,13H,2-3H2,1H3,(H,31,32);5-6,8-12,14H,2-4H2,1H3,(H,31,32)/t;12?,14-/m.0/s1. The lowest BCUT2D eigenvalue weighted by molar-refractivity contribution is 0.217. The average Bonchev–Trinajstić information content (AvgIpc) is 4.06. The summed E-state index contributed by atoms with van der Waals surface area (Å²) in [5, 5.41) is 35.0. The van der Waals surface area contributed by atoms with E-state index in [4.69, 9.17) is 61.1 Å². The Bertz CT molecular complexity index is 3250. The number of halogens is 7. The van der Waals surface area contributed by atoms with Crippen LogP contribution in [0.15, 0.2) is 73.7 Å². The summed E-state index contributed by atoms with van der Waals surface area (Å²) < 4.78 is 56.1. The number of H-pyrrole nitrogens is 2. The fourth-order valence-corrected chi connectivity index (χ4v) is 9.40. The van der Waals surface area contributed by atoms with Crippen molar-refractivity contribution < 1.29 is 22.6 Å². The first-order chi connectivity index (χ1) is 32.8. The number of pyridine rings is 3. The molecule has 0 aliphatic carbocycles. The van der Waals surface area contributed by atoms with Gasteiger partial charge in [0.2, 0.25) is 5.95 Å². The largest absolute Gasteiger partial charge is 0.483 e. The smallest absolute Gasteiger partial charge is 0.226 e. The van der Waals surface area contributed by atoms with Crippen LogP contribution >= 0.6 is 46.4 Å². The van der Waals surface area contributed by atoms with E-state index in [0.29, 0.717) is 94.5 Å². The molecule has 344 valence electrons. The van der Waals surface area contributed by atoms with Gasteiger partial charge in [0, 0.05) is 102 Å². The topological polar surface area (TPSA) is 194 Å². The monoisotopic (exact) mass is 997 g/mol. The number of hydrogen-bond donors (Lipinski definition) is 2. The van der Waals surface area contributed by atoms with Gasteiger partial charge < -0.3 is 19.3 Å². The molecule has 6 aromatic heterocycles. The molecular formula is C46H34Cl4F3N13O2. The summed E-state index contributed by atoms with van der Waals surface area (Å²) in [6.07, 6.45) is 11.7. The molecule has 68 heavy (non-hydrogen) atoms. The molecule has 0 saturated carbocycles. The van der Waals surface area contributed by atoms with E-state index in [1.165, 1.54) is 55.2 Å². The third kappa shape index (κ3) is 8.95. The molecule has 2 N–H and O–H groups in total. The predicted octanol–water partition coefficient (Wildman–Crippen LogP) is 11.3. The van der Waals surface area contributed by atoms with Gasteiger partial charge in [0.05, 0.1) is 43.3 Å². The maximum atomic E-state index is 14.8. The minimum Gasteiger partial charge on any atom is -0.483 e. The zero-order valence-corrected chi connectivity index (χ0v) is 38.7. The van der Waals surface area contributed by atoms with Crippen molar-refractivity contribution in [1.29, 1.82) is 10.5 Å². The second-order valence-electron chi connectivity index (χ2n) is 15.8. The fourth-order valence-electron chi connectivity index (χ4n) is 8.05. The van der Waals surface area contributed by atoms with E-state index in [1.54, 1.807) is 37.2 Å². The summed E-state index contributed by atoms with van der Waals surface area (Å²) in [5.41, 5.74) is 3.88.